The maximum atomic E-state index is 13.2. The normalized spacial score (nSPS) is 19.5. The minimum absolute atomic E-state index is 0.0852. The fourth-order valence-electron chi connectivity index (χ4n) is 4.19. The fraction of sp³-hybridized carbons (Fsp3) is 0.526. The predicted octanol–water partition coefficient (Wildman–Crippen LogP) is 3.96. The molecule has 0 radical (unpaired) electrons. The first-order valence-electron chi connectivity index (χ1n) is 8.87. The number of rotatable bonds is 3. The van der Waals surface area contributed by atoms with Crippen molar-refractivity contribution in [2.24, 2.45) is 0 Å². The van der Waals surface area contributed by atoms with Crippen LogP contribution in [0.2, 0.25) is 0 Å². The molecule has 0 bridgehead atoms. The second-order valence-electron chi connectivity index (χ2n) is 6.83. The topological polar surface area (TPSA) is 46.1 Å². The van der Waals surface area contributed by atoms with E-state index in [0.717, 1.165) is 36.7 Å². The third-order valence-electron chi connectivity index (χ3n) is 5.34. The first kappa shape index (κ1) is 14.6. The van der Waals surface area contributed by atoms with Crippen molar-refractivity contribution in [1.29, 1.82) is 0 Å². The van der Waals surface area contributed by atoms with Gasteiger partial charge in [0.05, 0.1) is 17.2 Å². The zero-order chi connectivity index (χ0) is 15.6. The Hall–Kier alpha value is -1.97. The van der Waals surface area contributed by atoms with Gasteiger partial charge in [-0.3, -0.25) is 9.78 Å². The maximum absolute atomic E-state index is 13.2. The Balaban J connectivity index is 1.67. The highest BCUT2D eigenvalue weighted by Crippen LogP contribution is 2.32. The van der Waals surface area contributed by atoms with Crippen LogP contribution in [0.3, 0.4) is 0 Å². The van der Waals surface area contributed by atoms with E-state index in [2.05, 4.69) is 14.9 Å². The van der Waals surface area contributed by atoms with Crippen LogP contribution >= 0.6 is 0 Å². The molecule has 120 valence electrons. The summed E-state index contributed by atoms with van der Waals surface area (Å²) in [6.45, 7) is 0. The molecular formula is C19H23N3O. The van der Waals surface area contributed by atoms with Crippen LogP contribution in [-0.2, 0) is 0 Å². The largest absolute Gasteiger partial charge is 0.331 e. The van der Waals surface area contributed by atoms with Crippen LogP contribution in [0.5, 0.6) is 0 Å². The second kappa shape index (κ2) is 6.26. The van der Waals surface area contributed by atoms with E-state index in [-0.39, 0.29) is 5.91 Å². The Bertz CT molecular complexity index is 687. The lowest BCUT2D eigenvalue weighted by molar-refractivity contribution is 0.0574. The smallest absolute Gasteiger partial charge is 0.274 e. The van der Waals surface area contributed by atoms with E-state index in [1.54, 1.807) is 6.20 Å². The van der Waals surface area contributed by atoms with Gasteiger partial charge in [0.25, 0.3) is 5.91 Å². The highest BCUT2D eigenvalue weighted by atomic mass is 16.2. The molecular weight excluding hydrogens is 286 g/mol. The standard InChI is InChI=1S/C19H23N3O/c23-19(18-13-20-16-11-5-6-12-17(16)21-18)22(14-7-1-2-8-14)15-9-3-4-10-15/h5-6,11-15H,1-4,7-10H2. The van der Waals surface area contributed by atoms with E-state index < -0.39 is 0 Å². The Morgan fingerprint density at radius 1 is 0.913 bits per heavy atom. The SMILES string of the molecule is O=C(c1cnc2ccccc2n1)N(C1CCCC1)C1CCCC1. The number of fused-ring (bicyclic) bond motifs is 1. The molecule has 4 nitrogen and oxygen atoms in total. The van der Waals surface area contributed by atoms with Gasteiger partial charge in [-0.15, -0.1) is 0 Å². The molecule has 0 atom stereocenters. The average molecular weight is 309 g/mol. The molecule has 1 amide bonds. The zero-order valence-electron chi connectivity index (χ0n) is 13.4. The minimum Gasteiger partial charge on any atom is -0.331 e. The first-order chi connectivity index (χ1) is 11.3. The summed E-state index contributed by atoms with van der Waals surface area (Å²) in [5, 5.41) is 0. The van der Waals surface area contributed by atoms with Crippen molar-refractivity contribution in [3.8, 4) is 0 Å². The zero-order valence-corrected chi connectivity index (χ0v) is 13.4. The highest BCUT2D eigenvalue weighted by molar-refractivity contribution is 5.94. The number of hydrogen-bond donors (Lipinski definition) is 0. The van der Waals surface area contributed by atoms with Gasteiger partial charge in [0.2, 0.25) is 0 Å². The molecule has 1 aromatic carbocycles. The number of carbonyl (C=O) groups is 1. The van der Waals surface area contributed by atoms with Gasteiger partial charge in [0, 0.05) is 12.1 Å². The van der Waals surface area contributed by atoms with E-state index in [4.69, 9.17) is 0 Å². The number of hydrogen-bond acceptors (Lipinski definition) is 3. The number of para-hydroxylation sites is 2. The van der Waals surface area contributed by atoms with Crippen molar-refractivity contribution in [2.45, 2.75) is 63.5 Å². The fourth-order valence-corrected chi connectivity index (χ4v) is 4.19. The minimum atomic E-state index is 0.0852. The number of carbonyl (C=O) groups excluding carboxylic acids is 1. The molecule has 2 saturated carbocycles. The lowest BCUT2D eigenvalue weighted by Gasteiger charge is -2.34. The molecule has 2 aromatic rings. The summed E-state index contributed by atoms with van der Waals surface area (Å²) in [5.74, 6) is 0.0852. The molecule has 0 N–H and O–H groups in total. The summed E-state index contributed by atoms with van der Waals surface area (Å²) in [6.07, 6.45) is 11.2. The third kappa shape index (κ3) is 2.82. The van der Waals surface area contributed by atoms with Crippen LogP contribution in [0, 0.1) is 0 Å². The van der Waals surface area contributed by atoms with Crippen molar-refractivity contribution in [3.05, 3.63) is 36.2 Å². The van der Waals surface area contributed by atoms with Gasteiger partial charge in [-0.25, -0.2) is 4.98 Å². The Morgan fingerprint density at radius 2 is 1.48 bits per heavy atom. The number of aromatic nitrogens is 2. The van der Waals surface area contributed by atoms with Gasteiger partial charge in [-0.2, -0.15) is 0 Å². The molecule has 4 heteroatoms. The first-order valence-corrected chi connectivity index (χ1v) is 8.87. The van der Waals surface area contributed by atoms with Gasteiger partial charge in [0.1, 0.15) is 5.69 Å². The lowest BCUT2D eigenvalue weighted by Crippen LogP contribution is -2.45. The molecule has 2 aliphatic rings. The maximum Gasteiger partial charge on any atom is 0.274 e. The Kier molecular flexibility index (Phi) is 3.98. The molecule has 0 spiro atoms. The summed E-state index contributed by atoms with van der Waals surface area (Å²) in [6, 6.07) is 8.55. The molecule has 4 rings (SSSR count). The van der Waals surface area contributed by atoms with Crippen LogP contribution < -0.4 is 0 Å². The molecule has 2 aliphatic carbocycles. The predicted molar refractivity (Wildman–Crippen MR) is 90.2 cm³/mol. The number of nitrogens with zero attached hydrogens (tertiary/aromatic N) is 3. The molecule has 1 heterocycles. The Labute approximate surface area is 136 Å². The van der Waals surface area contributed by atoms with Crippen LogP contribution in [0.25, 0.3) is 11.0 Å². The lowest BCUT2D eigenvalue weighted by atomic mass is 10.1. The highest BCUT2D eigenvalue weighted by Gasteiger charge is 2.35. The van der Waals surface area contributed by atoms with Gasteiger partial charge < -0.3 is 4.90 Å². The van der Waals surface area contributed by atoms with Crippen LogP contribution in [0.1, 0.15) is 61.9 Å². The average Bonchev–Trinajstić information content (AvgIpc) is 3.29. The monoisotopic (exact) mass is 309 g/mol. The summed E-state index contributed by atoms with van der Waals surface area (Å²) in [5.41, 5.74) is 2.15. The Morgan fingerprint density at radius 3 is 2.09 bits per heavy atom. The van der Waals surface area contributed by atoms with E-state index in [0.29, 0.717) is 17.8 Å². The van der Waals surface area contributed by atoms with Crippen molar-refractivity contribution in [2.75, 3.05) is 0 Å². The van der Waals surface area contributed by atoms with Gasteiger partial charge >= 0.3 is 0 Å². The van der Waals surface area contributed by atoms with Crippen LogP contribution in [-0.4, -0.2) is 32.9 Å². The van der Waals surface area contributed by atoms with Crippen LogP contribution in [0.4, 0.5) is 0 Å². The van der Waals surface area contributed by atoms with Crippen molar-refractivity contribution in [1.82, 2.24) is 14.9 Å². The van der Waals surface area contributed by atoms with E-state index in [9.17, 15) is 4.79 Å². The van der Waals surface area contributed by atoms with Gasteiger partial charge in [-0.05, 0) is 37.8 Å². The molecule has 0 aliphatic heterocycles. The quantitative estimate of drug-likeness (QED) is 0.862. The molecule has 0 saturated heterocycles. The van der Waals surface area contributed by atoms with Crippen LogP contribution in [0.15, 0.2) is 30.5 Å². The van der Waals surface area contributed by atoms with Crippen molar-refractivity contribution < 1.29 is 4.79 Å². The second-order valence-corrected chi connectivity index (χ2v) is 6.83. The van der Waals surface area contributed by atoms with E-state index in [1.807, 2.05) is 24.3 Å². The van der Waals surface area contributed by atoms with E-state index in [1.165, 1.54) is 25.7 Å². The molecule has 0 unspecified atom stereocenters. The molecule has 2 fully saturated rings. The van der Waals surface area contributed by atoms with E-state index >= 15 is 0 Å². The number of amides is 1. The van der Waals surface area contributed by atoms with Gasteiger partial charge in [-0.1, -0.05) is 37.8 Å². The summed E-state index contributed by atoms with van der Waals surface area (Å²) in [4.78, 5) is 24.4. The summed E-state index contributed by atoms with van der Waals surface area (Å²) in [7, 11) is 0. The number of benzene rings is 1. The van der Waals surface area contributed by atoms with Gasteiger partial charge in [0.15, 0.2) is 0 Å². The van der Waals surface area contributed by atoms with Crippen molar-refractivity contribution >= 4 is 16.9 Å². The summed E-state index contributed by atoms with van der Waals surface area (Å²) < 4.78 is 0. The summed E-state index contributed by atoms with van der Waals surface area (Å²) >= 11 is 0. The molecule has 1 aromatic heterocycles. The third-order valence-corrected chi connectivity index (χ3v) is 5.34. The molecule has 23 heavy (non-hydrogen) atoms. The van der Waals surface area contributed by atoms with Crippen molar-refractivity contribution in [3.63, 3.8) is 0 Å².